The third-order valence-corrected chi connectivity index (χ3v) is 5.86. The smallest absolute Gasteiger partial charge is 0.264 e. The summed E-state index contributed by atoms with van der Waals surface area (Å²) in [5, 5.41) is 0.838. The summed E-state index contributed by atoms with van der Waals surface area (Å²) in [6.45, 7) is 7.10. The Morgan fingerprint density at radius 3 is 2.70 bits per heavy atom. The highest BCUT2D eigenvalue weighted by molar-refractivity contribution is 7.18. The number of ether oxygens (including phenoxy) is 1. The minimum absolute atomic E-state index is 0.0680. The van der Waals surface area contributed by atoms with Crippen molar-refractivity contribution in [3.05, 3.63) is 26.6 Å². The maximum Gasteiger partial charge on any atom is 0.264 e. The van der Waals surface area contributed by atoms with Crippen LogP contribution in [0.25, 0.3) is 10.2 Å². The summed E-state index contributed by atoms with van der Waals surface area (Å²) in [4.78, 5) is 22.5. The third-order valence-electron chi connectivity index (χ3n) is 4.67. The minimum Gasteiger partial charge on any atom is -0.364 e. The molecule has 0 atom stereocenters. The fourth-order valence-corrected chi connectivity index (χ4v) is 4.58. The van der Waals surface area contributed by atoms with Crippen molar-refractivity contribution in [2.75, 3.05) is 20.2 Å². The van der Waals surface area contributed by atoms with Crippen LogP contribution in [0.3, 0.4) is 0 Å². The maximum absolute atomic E-state index is 13.1. The number of hydrogen-bond donors (Lipinski definition) is 0. The van der Waals surface area contributed by atoms with Crippen LogP contribution in [0.15, 0.2) is 4.79 Å². The summed E-state index contributed by atoms with van der Waals surface area (Å²) >= 11 is 1.71. The van der Waals surface area contributed by atoms with E-state index >= 15 is 0 Å². The zero-order valence-corrected chi connectivity index (χ0v) is 15.0. The average Bonchev–Trinajstić information content (AvgIpc) is 2.94. The number of thiophene rings is 1. The molecule has 126 valence electrons. The molecule has 2 aromatic heterocycles. The van der Waals surface area contributed by atoms with E-state index in [-0.39, 0.29) is 12.3 Å². The van der Waals surface area contributed by atoms with Crippen molar-refractivity contribution in [3.63, 3.8) is 0 Å². The summed E-state index contributed by atoms with van der Waals surface area (Å²) in [5.41, 5.74) is 1.31. The highest BCUT2D eigenvalue weighted by Crippen LogP contribution is 2.33. The van der Waals surface area contributed by atoms with Gasteiger partial charge in [-0.15, -0.1) is 11.3 Å². The van der Waals surface area contributed by atoms with Crippen LogP contribution in [0.5, 0.6) is 0 Å². The van der Waals surface area contributed by atoms with Crippen LogP contribution in [-0.4, -0.2) is 34.7 Å². The number of methoxy groups -OCH3 is 1. The molecule has 0 aromatic carbocycles. The van der Waals surface area contributed by atoms with E-state index in [4.69, 9.17) is 9.72 Å². The Morgan fingerprint density at radius 1 is 1.26 bits per heavy atom. The van der Waals surface area contributed by atoms with Crippen molar-refractivity contribution >= 4 is 21.6 Å². The lowest BCUT2D eigenvalue weighted by molar-refractivity contribution is 0.121. The molecule has 1 aliphatic rings. The monoisotopic (exact) mass is 335 g/mol. The molecule has 0 saturated heterocycles. The lowest BCUT2D eigenvalue weighted by Gasteiger charge is -2.20. The quantitative estimate of drug-likeness (QED) is 0.814. The zero-order chi connectivity index (χ0) is 16.4. The molecular formula is C17H25N3O2S. The highest BCUT2D eigenvalue weighted by Gasteiger charge is 2.22. The van der Waals surface area contributed by atoms with Gasteiger partial charge in [0.2, 0.25) is 0 Å². The van der Waals surface area contributed by atoms with E-state index in [1.54, 1.807) is 23.0 Å². The van der Waals surface area contributed by atoms with Gasteiger partial charge in [0.05, 0.1) is 11.9 Å². The van der Waals surface area contributed by atoms with Gasteiger partial charge >= 0.3 is 0 Å². The molecule has 2 aromatic rings. The van der Waals surface area contributed by atoms with Gasteiger partial charge in [-0.2, -0.15) is 0 Å². The fourth-order valence-electron chi connectivity index (χ4n) is 3.31. The van der Waals surface area contributed by atoms with Gasteiger partial charge in [0.25, 0.3) is 5.56 Å². The Bertz CT molecular complexity index is 746. The molecule has 0 spiro atoms. The van der Waals surface area contributed by atoms with Crippen LogP contribution in [0, 0.1) is 0 Å². The van der Waals surface area contributed by atoms with E-state index < -0.39 is 0 Å². The van der Waals surface area contributed by atoms with Crippen LogP contribution in [0.1, 0.15) is 43.0 Å². The van der Waals surface area contributed by atoms with Crippen LogP contribution in [0.2, 0.25) is 0 Å². The van der Waals surface area contributed by atoms with E-state index in [1.807, 2.05) is 0 Å². The Kier molecular flexibility index (Phi) is 5.14. The molecule has 5 nitrogen and oxygen atoms in total. The van der Waals surface area contributed by atoms with Crippen molar-refractivity contribution in [2.24, 2.45) is 0 Å². The first-order chi connectivity index (χ1) is 11.2. The molecule has 0 radical (unpaired) electrons. The van der Waals surface area contributed by atoms with Crippen LogP contribution < -0.4 is 5.56 Å². The van der Waals surface area contributed by atoms with Crippen LogP contribution in [-0.2, 0) is 30.9 Å². The molecule has 0 N–H and O–H groups in total. The molecule has 23 heavy (non-hydrogen) atoms. The number of aromatic nitrogens is 2. The number of rotatable bonds is 6. The molecule has 2 heterocycles. The van der Waals surface area contributed by atoms with Crippen LogP contribution >= 0.6 is 11.3 Å². The van der Waals surface area contributed by atoms with Crippen LogP contribution in [0.4, 0.5) is 0 Å². The highest BCUT2D eigenvalue weighted by atomic mass is 32.1. The van der Waals surface area contributed by atoms with E-state index in [1.165, 1.54) is 23.3 Å². The Morgan fingerprint density at radius 2 is 2.00 bits per heavy atom. The number of nitrogens with zero attached hydrogens (tertiary/aromatic N) is 3. The summed E-state index contributed by atoms with van der Waals surface area (Å²) in [7, 11) is 1.63. The topological polar surface area (TPSA) is 47.4 Å². The molecule has 1 aliphatic carbocycles. The van der Waals surface area contributed by atoms with Gasteiger partial charge in [0, 0.05) is 12.0 Å². The van der Waals surface area contributed by atoms with Gasteiger partial charge in [-0.25, -0.2) is 4.98 Å². The van der Waals surface area contributed by atoms with Gasteiger partial charge in [0.1, 0.15) is 17.4 Å². The second-order valence-electron chi connectivity index (χ2n) is 6.03. The first-order valence-corrected chi connectivity index (χ1v) is 9.26. The Hall–Kier alpha value is -1.24. The molecule has 0 fully saturated rings. The van der Waals surface area contributed by atoms with Crippen molar-refractivity contribution < 1.29 is 4.74 Å². The van der Waals surface area contributed by atoms with Crippen molar-refractivity contribution in [1.29, 1.82) is 0 Å². The Labute approximate surface area is 140 Å². The number of aryl methyl sites for hydroxylation is 2. The molecule has 3 rings (SSSR count). The second kappa shape index (κ2) is 7.11. The minimum atomic E-state index is 0.0680. The van der Waals surface area contributed by atoms with Gasteiger partial charge in [-0.05, 0) is 44.3 Å². The number of hydrogen-bond acceptors (Lipinski definition) is 5. The predicted molar refractivity (Wildman–Crippen MR) is 94.2 cm³/mol. The normalized spacial score (nSPS) is 14.6. The van der Waals surface area contributed by atoms with Gasteiger partial charge in [-0.1, -0.05) is 13.8 Å². The first kappa shape index (κ1) is 16.6. The fraction of sp³-hybridized carbons (Fsp3) is 0.647. The van der Waals surface area contributed by atoms with Gasteiger partial charge < -0.3 is 4.74 Å². The molecule has 0 bridgehead atoms. The predicted octanol–water partition coefficient (Wildman–Crippen LogP) is 2.78. The van der Waals surface area contributed by atoms with Gasteiger partial charge in [-0.3, -0.25) is 14.3 Å². The van der Waals surface area contributed by atoms with E-state index in [0.717, 1.165) is 42.0 Å². The van der Waals surface area contributed by atoms with Crippen molar-refractivity contribution in [3.8, 4) is 0 Å². The second-order valence-corrected chi connectivity index (χ2v) is 7.12. The standard InChI is InChI=1S/C17H25N3O2S/c1-4-19(5-2)10-14-18-16-15(17(21)20(14)11-22-3)12-8-6-7-9-13(12)23-16/h4-11H2,1-3H3. The molecule has 0 unspecified atom stereocenters. The molecule has 6 heteroatoms. The summed E-state index contributed by atoms with van der Waals surface area (Å²) in [5.74, 6) is 0.812. The third kappa shape index (κ3) is 3.07. The van der Waals surface area contributed by atoms with E-state index in [9.17, 15) is 4.79 Å². The SMILES string of the molecule is CCN(CC)Cc1nc2sc3c(c2c(=O)n1COC)CCCC3. The number of fused-ring (bicyclic) bond motifs is 3. The lowest BCUT2D eigenvalue weighted by Crippen LogP contribution is -2.31. The average molecular weight is 335 g/mol. The molecular weight excluding hydrogens is 310 g/mol. The van der Waals surface area contributed by atoms with Crippen molar-refractivity contribution in [2.45, 2.75) is 52.8 Å². The zero-order valence-electron chi connectivity index (χ0n) is 14.2. The van der Waals surface area contributed by atoms with E-state index in [2.05, 4.69) is 18.7 Å². The molecule has 0 amide bonds. The van der Waals surface area contributed by atoms with Crippen molar-refractivity contribution in [1.82, 2.24) is 14.5 Å². The largest absolute Gasteiger partial charge is 0.364 e. The Balaban J connectivity index is 2.15. The van der Waals surface area contributed by atoms with E-state index in [0.29, 0.717) is 6.54 Å². The summed E-state index contributed by atoms with van der Waals surface area (Å²) in [6, 6.07) is 0. The maximum atomic E-state index is 13.1. The summed E-state index contributed by atoms with van der Waals surface area (Å²) < 4.78 is 6.99. The summed E-state index contributed by atoms with van der Waals surface area (Å²) in [6.07, 6.45) is 4.49. The first-order valence-electron chi connectivity index (χ1n) is 8.44. The van der Waals surface area contributed by atoms with Gasteiger partial charge in [0.15, 0.2) is 0 Å². The molecule has 0 aliphatic heterocycles. The lowest BCUT2D eigenvalue weighted by atomic mass is 9.97. The molecule has 0 saturated carbocycles.